The Balaban J connectivity index is 0.000000315. The number of carbonyl (C=O) groups is 5. The van der Waals surface area contributed by atoms with Crippen LogP contribution >= 0.6 is 0 Å². The molecule has 5 aliphatic rings. The Morgan fingerprint density at radius 2 is 1.61 bits per heavy atom. The van der Waals surface area contributed by atoms with E-state index in [0.29, 0.717) is 62.1 Å². The molecule has 4 aliphatic carbocycles. The Kier molecular flexibility index (Phi) is 11.4. The maximum Gasteiger partial charge on any atom is 0.336 e. The van der Waals surface area contributed by atoms with E-state index in [0.717, 1.165) is 51.6 Å². The van der Waals surface area contributed by atoms with Crippen molar-refractivity contribution in [2.45, 2.75) is 96.4 Å². The third-order valence-corrected chi connectivity index (χ3v) is 11.9. The van der Waals surface area contributed by atoms with E-state index in [1.807, 2.05) is 6.92 Å². The Labute approximate surface area is 269 Å². The third-order valence-electron chi connectivity index (χ3n) is 11.9. The van der Waals surface area contributed by atoms with Crippen LogP contribution in [0.2, 0.25) is 0 Å². The van der Waals surface area contributed by atoms with Gasteiger partial charge in [0.15, 0.2) is 5.60 Å². The predicted molar refractivity (Wildman–Crippen MR) is 162 cm³/mol. The number of ether oxygens (including phenoxy) is 2. The molecule has 0 radical (unpaired) electrons. The van der Waals surface area contributed by atoms with Crippen LogP contribution in [0.15, 0.2) is 0 Å². The van der Waals surface area contributed by atoms with Crippen LogP contribution in [0, 0.1) is 40.4 Å². The van der Waals surface area contributed by atoms with E-state index < -0.39 is 42.5 Å². The first-order valence-electron chi connectivity index (χ1n) is 16.6. The number of aliphatic carboxylic acids is 3. The van der Waals surface area contributed by atoms with E-state index in [4.69, 9.17) is 29.9 Å². The molecular formula is C33H51NO12. The molecule has 0 unspecified atom stereocenters. The Morgan fingerprint density at radius 3 is 2.17 bits per heavy atom. The van der Waals surface area contributed by atoms with Crippen LogP contribution in [-0.2, 0) is 33.4 Å². The quantitative estimate of drug-likeness (QED) is 0.228. The average molecular weight is 654 g/mol. The van der Waals surface area contributed by atoms with Crippen molar-refractivity contribution >= 4 is 29.5 Å². The van der Waals surface area contributed by atoms with Crippen LogP contribution in [0.3, 0.4) is 0 Å². The molecule has 0 aromatic heterocycles. The minimum atomic E-state index is -2.74. The van der Waals surface area contributed by atoms with Crippen molar-refractivity contribution in [2.24, 2.45) is 40.4 Å². The van der Waals surface area contributed by atoms with Crippen molar-refractivity contribution in [3.8, 4) is 0 Å². The second-order valence-electron chi connectivity index (χ2n) is 14.6. The number of nitrogens with zero attached hydrogens (tertiary/aromatic N) is 1. The zero-order valence-corrected chi connectivity index (χ0v) is 27.2. The van der Waals surface area contributed by atoms with Crippen molar-refractivity contribution in [1.82, 2.24) is 4.90 Å². The van der Waals surface area contributed by atoms with Crippen LogP contribution in [0.25, 0.3) is 0 Å². The molecule has 5 fully saturated rings. The van der Waals surface area contributed by atoms with E-state index in [1.54, 1.807) is 0 Å². The van der Waals surface area contributed by atoms with Gasteiger partial charge in [-0.1, -0.05) is 13.8 Å². The van der Waals surface area contributed by atoms with Gasteiger partial charge in [-0.25, -0.2) is 4.79 Å². The molecule has 9 atom stereocenters. The molecule has 46 heavy (non-hydrogen) atoms. The lowest BCUT2D eigenvalue weighted by Crippen LogP contribution is -2.60. The number of Topliss-reactive ketones (excluding diaryl/α,β-unsaturated/α-hetero) is 2. The predicted octanol–water partition coefficient (Wildman–Crippen LogP) is 1.85. The van der Waals surface area contributed by atoms with Gasteiger partial charge in [0.05, 0.1) is 44.8 Å². The molecule has 0 bridgehead atoms. The summed E-state index contributed by atoms with van der Waals surface area (Å²) in [5, 5.41) is 44.5. The first kappa shape index (κ1) is 36.4. The number of aliphatic hydroxyl groups is 2. The first-order valence-corrected chi connectivity index (χ1v) is 16.6. The number of fused-ring (bicyclic) bond motifs is 5. The lowest BCUT2D eigenvalue weighted by molar-refractivity contribution is -0.179. The van der Waals surface area contributed by atoms with Crippen molar-refractivity contribution in [3.63, 3.8) is 0 Å². The van der Waals surface area contributed by atoms with E-state index in [2.05, 4.69) is 18.7 Å². The Hall–Kier alpha value is -2.45. The molecule has 5 rings (SSSR count). The summed E-state index contributed by atoms with van der Waals surface area (Å²) in [6.07, 6.45) is 3.35. The SMILES string of the molecule is CCO[C@H]1C[C@@]2(C)[C@@H](CC[C@H]3[C@@H]4CC[C@H](C(=O)CN5CCOCC5)[C@@]4(C)CC(=O)[C@@H]32)C[C@@H]1O.O=C(O)CC(O)(CC(=O)O)C(=O)O. The number of aliphatic hydroxyl groups excluding tert-OH is 1. The lowest BCUT2D eigenvalue weighted by Gasteiger charge is -2.60. The van der Waals surface area contributed by atoms with E-state index in [1.165, 1.54) is 0 Å². The van der Waals surface area contributed by atoms with Gasteiger partial charge >= 0.3 is 17.9 Å². The summed E-state index contributed by atoms with van der Waals surface area (Å²) in [6.45, 7) is 10.7. The number of hydrogen-bond donors (Lipinski definition) is 5. The summed E-state index contributed by atoms with van der Waals surface area (Å²) in [7, 11) is 0. The van der Waals surface area contributed by atoms with Gasteiger partial charge in [0.1, 0.15) is 11.6 Å². The van der Waals surface area contributed by atoms with Gasteiger partial charge < -0.3 is 35.0 Å². The highest BCUT2D eigenvalue weighted by molar-refractivity contribution is 5.89. The van der Waals surface area contributed by atoms with E-state index in [9.17, 15) is 29.1 Å². The van der Waals surface area contributed by atoms with Crippen LogP contribution in [0.1, 0.15) is 78.6 Å². The first-order chi connectivity index (χ1) is 21.6. The van der Waals surface area contributed by atoms with Crippen molar-refractivity contribution < 1.29 is 59.0 Å². The van der Waals surface area contributed by atoms with E-state index >= 15 is 0 Å². The van der Waals surface area contributed by atoms with Crippen LogP contribution in [-0.4, -0.2) is 117 Å². The number of ketones is 2. The standard InChI is InChI=1S/C27H43NO5.C6H8O7/c1-4-33-24-15-26(2)17(13-21(24)29)5-6-18-19-7-8-20(27(19,3)14-22(30)25(18)26)23(31)16-28-9-11-32-12-10-28;7-3(8)1-6(13,5(11)12)2-4(9)10/h17-21,24-25,29H,4-16H2,1-3H3;13H,1-2H2,(H,7,8)(H,9,10)(H,11,12)/t17-,18-,19-,20+,21-,24-,25+,26-,27-;/m0./s1. The van der Waals surface area contributed by atoms with Gasteiger partial charge in [-0.05, 0) is 74.0 Å². The summed E-state index contributed by atoms with van der Waals surface area (Å²) >= 11 is 0. The van der Waals surface area contributed by atoms with Gasteiger partial charge in [-0.2, -0.15) is 0 Å². The van der Waals surface area contributed by atoms with Gasteiger partial charge in [0.2, 0.25) is 0 Å². The zero-order valence-electron chi connectivity index (χ0n) is 27.2. The fraction of sp³-hybridized carbons (Fsp3) is 0.848. The fourth-order valence-electron chi connectivity index (χ4n) is 9.79. The summed E-state index contributed by atoms with van der Waals surface area (Å²) in [6, 6.07) is 0. The molecule has 13 nitrogen and oxygen atoms in total. The molecule has 5 N–H and O–H groups in total. The van der Waals surface area contributed by atoms with E-state index in [-0.39, 0.29) is 28.8 Å². The normalized spacial score (nSPS) is 37.6. The van der Waals surface area contributed by atoms with Gasteiger partial charge in [-0.15, -0.1) is 0 Å². The lowest BCUT2D eigenvalue weighted by atomic mass is 9.44. The number of morpholine rings is 1. The number of hydrogen-bond acceptors (Lipinski definition) is 10. The Morgan fingerprint density at radius 1 is 0.978 bits per heavy atom. The molecule has 0 aromatic rings. The number of rotatable bonds is 10. The minimum Gasteiger partial charge on any atom is -0.481 e. The average Bonchev–Trinajstić information content (AvgIpc) is 3.30. The highest BCUT2D eigenvalue weighted by Gasteiger charge is 2.65. The number of carbonyl (C=O) groups excluding carboxylic acids is 2. The molecule has 0 spiro atoms. The summed E-state index contributed by atoms with van der Waals surface area (Å²) < 4.78 is 11.4. The highest BCUT2D eigenvalue weighted by atomic mass is 16.5. The number of carboxylic acid groups (broad SMARTS) is 3. The van der Waals surface area contributed by atoms with Crippen molar-refractivity contribution in [1.29, 1.82) is 0 Å². The summed E-state index contributed by atoms with van der Waals surface area (Å²) in [5.74, 6) is -3.03. The minimum absolute atomic E-state index is 0.00475. The van der Waals surface area contributed by atoms with Gasteiger partial charge in [0.25, 0.3) is 0 Å². The molecule has 1 heterocycles. The molecule has 4 saturated carbocycles. The zero-order chi connectivity index (χ0) is 34.0. The molecule has 13 heteroatoms. The molecule has 0 aromatic carbocycles. The van der Waals surface area contributed by atoms with Crippen molar-refractivity contribution in [3.05, 3.63) is 0 Å². The summed E-state index contributed by atoms with van der Waals surface area (Å²) in [5.41, 5.74) is -3.04. The number of carboxylic acids is 3. The van der Waals surface area contributed by atoms with Gasteiger partial charge in [-0.3, -0.25) is 24.1 Å². The molecule has 1 saturated heterocycles. The smallest absolute Gasteiger partial charge is 0.336 e. The Bertz CT molecular complexity index is 1150. The maximum atomic E-state index is 13.9. The largest absolute Gasteiger partial charge is 0.481 e. The van der Waals surface area contributed by atoms with Crippen LogP contribution < -0.4 is 0 Å². The third kappa shape index (κ3) is 7.33. The van der Waals surface area contributed by atoms with Crippen LogP contribution in [0.5, 0.6) is 0 Å². The molecule has 260 valence electrons. The molecule has 1 aliphatic heterocycles. The molecule has 0 amide bonds. The highest BCUT2D eigenvalue weighted by Crippen LogP contribution is 2.66. The fourth-order valence-corrected chi connectivity index (χ4v) is 9.79. The second kappa shape index (κ2) is 14.3. The molecular weight excluding hydrogens is 602 g/mol. The monoisotopic (exact) mass is 653 g/mol. The van der Waals surface area contributed by atoms with Gasteiger partial charge in [0, 0.05) is 38.0 Å². The van der Waals surface area contributed by atoms with Crippen molar-refractivity contribution in [2.75, 3.05) is 39.5 Å². The maximum absolute atomic E-state index is 13.9. The summed E-state index contributed by atoms with van der Waals surface area (Å²) in [4.78, 5) is 60.1. The topological polar surface area (TPSA) is 208 Å². The van der Waals surface area contributed by atoms with Crippen LogP contribution in [0.4, 0.5) is 0 Å². The second-order valence-corrected chi connectivity index (χ2v) is 14.6.